The van der Waals surface area contributed by atoms with E-state index in [9.17, 15) is 0 Å². The SMILES string of the molecule is CN1Cc2cc(-c3ccc(N)nn3)ccc2C(c2ccc3ccccc3c2)C1.Cl.Cl. The molecule has 0 amide bonds. The average molecular weight is 439 g/mol. The summed E-state index contributed by atoms with van der Waals surface area (Å²) in [6.07, 6.45) is 0. The first-order chi connectivity index (χ1) is 13.7. The molecular formula is C24H24Cl2N4. The highest BCUT2D eigenvalue weighted by Gasteiger charge is 2.25. The maximum atomic E-state index is 5.68. The summed E-state index contributed by atoms with van der Waals surface area (Å²) in [6, 6.07) is 25.8. The van der Waals surface area contributed by atoms with Gasteiger partial charge in [0.2, 0.25) is 0 Å². The highest BCUT2D eigenvalue weighted by atomic mass is 35.5. The number of anilines is 1. The van der Waals surface area contributed by atoms with Crippen LogP contribution in [0.4, 0.5) is 5.82 Å². The Morgan fingerprint density at radius 3 is 2.43 bits per heavy atom. The van der Waals surface area contributed by atoms with Gasteiger partial charge in [-0.05, 0) is 52.7 Å². The fourth-order valence-corrected chi connectivity index (χ4v) is 4.21. The van der Waals surface area contributed by atoms with E-state index >= 15 is 0 Å². The molecule has 0 saturated carbocycles. The molecule has 0 bridgehead atoms. The van der Waals surface area contributed by atoms with Gasteiger partial charge in [-0.25, -0.2) is 0 Å². The molecule has 4 nitrogen and oxygen atoms in total. The summed E-state index contributed by atoms with van der Waals surface area (Å²) in [7, 11) is 2.19. The van der Waals surface area contributed by atoms with Crippen LogP contribution in [0.25, 0.3) is 22.0 Å². The standard InChI is InChI=1S/C24H22N4.2ClH/c1-28-14-20-13-19(23-10-11-24(25)27-26-23)8-9-21(20)22(15-28)18-7-6-16-4-2-3-5-17(16)12-18;;/h2-13,22H,14-15H2,1H3,(H2,25,27);2*1H. The number of halogens is 2. The molecule has 1 unspecified atom stereocenters. The first-order valence-corrected chi connectivity index (χ1v) is 9.57. The largest absolute Gasteiger partial charge is 0.382 e. The number of hydrogen-bond donors (Lipinski definition) is 1. The van der Waals surface area contributed by atoms with E-state index in [1.165, 1.54) is 27.5 Å². The van der Waals surface area contributed by atoms with Crippen LogP contribution < -0.4 is 5.73 Å². The lowest BCUT2D eigenvalue weighted by molar-refractivity contribution is 0.295. The van der Waals surface area contributed by atoms with Crippen LogP contribution in [0.15, 0.2) is 72.8 Å². The monoisotopic (exact) mass is 438 g/mol. The Hall–Kier alpha value is -2.66. The second-order valence-electron chi connectivity index (χ2n) is 7.61. The molecule has 2 heterocycles. The quantitative estimate of drug-likeness (QED) is 0.461. The zero-order valence-electron chi connectivity index (χ0n) is 16.7. The van der Waals surface area contributed by atoms with Crippen LogP contribution in [0.3, 0.4) is 0 Å². The molecule has 2 N–H and O–H groups in total. The Balaban J connectivity index is 0.00000128. The van der Waals surface area contributed by atoms with E-state index in [0.29, 0.717) is 11.7 Å². The lowest BCUT2D eigenvalue weighted by Crippen LogP contribution is -2.31. The summed E-state index contributed by atoms with van der Waals surface area (Å²) in [4.78, 5) is 2.39. The summed E-state index contributed by atoms with van der Waals surface area (Å²) in [6.45, 7) is 1.96. The van der Waals surface area contributed by atoms with Crippen molar-refractivity contribution < 1.29 is 0 Å². The van der Waals surface area contributed by atoms with Crippen molar-refractivity contribution in [3.05, 3.63) is 89.5 Å². The summed E-state index contributed by atoms with van der Waals surface area (Å²) < 4.78 is 0. The predicted molar refractivity (Wildman–Crippen MR) is 129 cm³/mol. The molecule has 0 fully saturated rings. The predicted octanol–water partition coefficient (Wildman–Crippen LogP) is 5.30. The molecular weight excluding hydrogens is 415 g/mol. The Bertz CT molecular complexity index is 1160. The number of benzene rings is 3. The van der Waals surface area contributed by atoms with Crippen molar-refractivity contribution in [2.45, 2.75) is 12.5 Å². The van der Waals surface area contributed by atoms with E-state index in [1.54, 1.807) is 6.07 Å². The van der Waals surface area contributed by atoms with E-state index < -0.39 is 0 Å². The number of aromatic nitrogens is 2. The molecule has 1 aliphatic heterocycles. The number of rotatable bonds is 2. The van der Waals surface area contributed by atoms with E-state index in [1.807, 2.05) is 6.07 Å². The molecule has 1 atom stereocenters. The smallest absolute Gasteiger partial charge is 0.146 e. The average Bonchev–Trinajstić information content (AvgIpc) is 2.73. The second-order valence-corrected chi connectivity index (χ2v) is 7.61. The zero-order valence-corrected chi connectivity index (χ0v) is 18.3. The topological polar surface area (TPSA) is 55.0 Å². The van der Waals surface area contributed by atoms with Crippen molar-refractivity contribution >= 4 is 41.4 Å². The number of nitrogen functional groups attached to an aromatic ring is 1. The normalized spacial score (nSPS) is 15.7. The number of hydrogen-bond acceptors (Lipinski definition) is 4. The van der Waals surface area contributed by atoms with Crippen LogP contribution in [0, 0.1) is 0 Å². The van der Waals surface area contributed by atoms with Gasteiger partial charge in [0.1, 0.15) is 5.82 Å². The molecule has 0 aliphatic carbocycles. The molecule has 0 saturated heterocycles. The lowest BCUT2D eigenvalue weighted by atomic mass is 9.83. The van der Waals surface area contributed by atoms with E-state index in [4.69, 9.17) is 5.73 Å². The van der Waals surface area contributed by atoms with Gasteiger partial charge in [0.15, 0.2) is 0 Å². The highest BCUT2D eigenvalue weighted by Crippen LogP contribution is 2.36. The van der Waals surface area contributed by atoms with Crippen LogP contribution >= 0.6 is 24.8 Å². The molecule has 0 radical (unpaired) electrons. The molecule has 3 aromatic carbocycles. The van der Waals surface area contributed by atoms with Crippen molar-refractivity contribution in [2.24, 2.45) is 0 Å². The Morgan fingerprint density at radius 1 is 0.867 bits per heavy atom. The van der Waals surface area contributed by atoms with Crippen molar-refractivity contribution in [1.29, 1.82) is 0 Å². The fourth-order valence-electron chi connectivity index (χ4n) is 4.21. The molecule has 1 aromatic heterocycles. The molecule has 6 heteroatoms. The minimum atomic E-state index is 0. The van der Waals surface area contributed by atoms with Crippen molar-refractivity contribution in [1.82, 2.24) is 15.1 Å². The number of likely N-dealkylation sites (N-methyl/N-ethyl adjacent to an activating group) is 1. The van der Waals surface area contributed by atoms with Gasteiger partial charge in [-0.1, -0.05) is 54.6 Å². The zero-order chi connectivity index (χ0) is 19.1. The molecule has 154 valence electrons. The van der Waals surface area contributed by atoms with Crippen LogP contribution in [0.1, 0.15) is 22.6 Å². The summed E-state index contributed by atoms with van der Waals surface area (Å²) in [5, 5.41) is 10.8. The molecule has 0 spiro atoms. The van der Waals surface area contributed by atoms with Crippen LogP contribution in [-0.2, 0) is 6.54 Å². The summed E-state index contributed by atoms with van der Waals surface area (Å²) in [5.74, 6) is 0.808. The van der Waals surface area contributed by atoms with Crippen LogP contribution in [-0.4, -0.2) is 28.7 Å². The van der Waals surface area contributed by atoms with Gasteiger partial charge in [0.05, 0.1) is 5.69 Å². The van der Waals surface area contributed by atoms with Crippen LogP contribution in [0.2, 0.25) is 0 Å². The minimum absolute atomic E-state index is 0. The lowest BCUT2D eigenvalue weighted by Gasteiger charge is -2.33. The molecule has 4 aromatic rings. The third-order valence-corrected chi connectivity index (χ3v) is 5.61. The summed E-state index contributed by atoms with van der Waals surface area (Å²) in [5.41, 5.74) is 11.7. The second kappa shape index (κ2) is 9.00. The van der Waals surface area contributed by atoms with Gasteiger partial charge >= 0.3 is 0 Å². The van der Waals surface area contributed by atoms with Gasteiger partial charge in [0.25, 0.3) is 0 Å². The Kier molecular flexibility index (Phi) is 6.61. The van der Waals surface area contributed by atoms with Crippen molar-refractivity contribution in [2.75, 3.05) is 19.3 Å². The van der Waals surface area contributed by atoms with E-state index in [2.05, 4.69) is 82.8 Å². The van der Waals surface area contributed by atoms with Gasteiger partial charge in [-0.2, -0.15) is 0 Å². The Morgan fingerprint density at radius 2 is 1.67 bits per heavy atom. The molecule has 30 heavy (non-hydrogen) atoms. The first-order valence-electron chi connectivity index (χ1n) is 9.57. The fraction of sp³-hybridized carbons (Fsp3) is 0.167. The molecule has 1 aliphatic rings. The van der Waals surface area contributed by atoms with Crippen LogP contribution in [0.5, 0.6) is 0 Å². The van der Waals surface area contributed by atoms with Crippen molar-refractivity contribution in [3.63, 3.8) is 0 Å². The van der Waals surface area contributed by atoms with Gasteiger partial charge in [-0.3, -0.25) is 0 Å². The highest BCUT2D eigenvalue weighted by molar-refractivity contribution is 5.85. The molecule has 5 rings (SSSR count). The number of fused-ring (bicyclic) bond motifs is 2. The van der Waals surface area contributed by atoms with E-state index in [0.717, 1.165) is 24.3 Å². The maximum Gasteiger partial charge on any atom is 0.146 e. The number of nitrogens with zero attached hydrogens (tertiary/aromatic N) is 3. The minimum Gasteiger partial charge on any atom is -0.382 e. The maximum absolute atomic E-state index is 5.68. The van der Waals surface area contributed by atoms with Crippen molar-refractivity contribution in [3.8, 4) is 11.3 Å². The van der Waals surface area contributed by atoms with Gasteiger partial charge in [-0.15, -0.1) is 35.0 Å². The summed E-state index contributed by atoms with van der Waals surface area (Å²) >= 11 is 0. The third kappa shape index (κ3) is 4.12. The Labute approximate surface area is 188 Å². The van der Waals surface area contributed by atoms with Gasteiger partial charge < -0.3 is 10.6 Å². The number of nitrogens with two attached hydrogens (primary N) is 1. The first kappa shape index (κ1) is 22.0. The van der Waals surface area contributed by atoms with E-state index in [-0.39, 0.29) is 24.8 Å². The van der Waals surface area contributed by atoms with Gasteiger partial charge in [0, 0.05) is 24.6 Å². The third-order valence-electron chi connectivity index (χ3n) is 5.61.